The zero-order chi connectivity index (χ0) is 12.4. The first-order chi connectivity index (χ1) is 8.08. The van der Waals surface area contributed by atoms with Gasteiger partial charge in [-0.3, -0.25) is 0 Å². The number of aryl methyl sites for hydroxylation is 2. The van der Waals surface area contributed by atoms with E-state index in [2.05, 4.69) is 19.9 Å². The van der Waals surface area contributed by atoms with E-state index in [0.29, 0.717) is 17.1 Å². The smallest absolute Gasteiger partial charge is 0.373 e. The first-order valence-electron chi connectivity index (χ1n) is 4.94. The number of aromatic carboxylic acids is 1. The van der Waals surface area contributed by atoms with E-state index in [4.69, 9.17) is 5.11 Å². The number of rotatable bonds is 2. The van der Waals surface area contributed by atoms with Gasteiger partial charge >= 0.3 is 5.97 Å². The third-order valence-corrected chi connectivity index (χ3v) is 2.22. The molecule has 2 aromatic rings. The van der Waals surface area contributed by atoms with Gasteiger partial charge in [0.25, 0.3) is 0 Å². The average molecular weight is 230 g/mol. The third kappa shape index (κ3) is 2.25. The number of nitrogens with zero attached hydrogens (tertiary/aromatic N) is 4. The van der Waals surface area contributed by atoms with Crippen LogP contribution in [-0.4, -0.2) is 31.0 Å². The minimum atomic E-state index is -1.15. The molecule has 0 saturated carbocycles. The van der Waals surface area contributed by atoms with E-state index in [1.165, 1.54) is 6.20 Å². The Bertz CT molecular complexity index is 566. The summed E-state index contributed by atoms with van der Waals surface area (Å²) in [5, 5.41) is 8.83. The summed E-state index contributed by atoms with van der Waals surface area (Å²) in [4.78, 5) is 26.6. The lowest BCUT2D eigenvalue weighted by Gasteiger charge is -2.04. The quantitative estimate of drug-likeness (QED) is 0.835. The molecule has 1 N–H and O–H groups in total. The fraction of sp³-hybridized carbons (Fsp3) is 0.182. The number of carboxylic acids is 1. The summed E-state index contributed by atoms with van der Waals surface area (Å²) in [6.45, 7) is 3.58. The van der Waals surface area contributed by atoms with Crippen LogP contribution in [0.3, 0.4) is 0 Å². The molecule has 0 unspecified atom stereocenters. The van der Waals surface area contributed by atoms with E-state index in [1.54, 1.807) is 26.2 Å². The maximum absolute atomic E-state index is 10.8. The highest BCUT2D eigenvalue weighted by Gasteiger charge is 2.11. The van der Waals surface area contributed by atoms with Crippen molar-refractivity contribution < 1.29 is 9.90 Å². The van der Waals surface area contributed by atoms with E-state index in [1.807, 2.05) is 0 Å². The molecule has 2 rings (SSSR count). The van der Waals surface area contributed by atoms with E-state index in [-0.39, 0.29) is 5.82 Å². The first kappa shape index (κ1) is 11.1. The first-order valence-corrected chi connectivity index (χ1v) is 4.94. The predicted octanol–water partition coefficient (Wildman–Crippen LogP) is 1.25. The monoisotopic (exact) mass is 230 g/mol. The summed E-state index contributed by atoms with van der Waals surface area (Å²) in [6, 6.07) is 0. The number of aromatic nitrogens is 4. The molecule has 0 radical (unpaired) electrons. The van der Waals surface area contributed by atoms with Crippen molar-refractivity contribution in [1.29, 1.82) is 0 Å². The number of carbonyl (C=O) groups is 1. The highest BCUT2D eigenvalue weighted by molar-refractivity contribution is 5.84. The molecule has 0 fully saturated rings. The Morgan fingerprint density at radius 3 is 2.35 bits per heavy atom. The molecule has 0 bridgehead atoms. The van der Waals surface area contributed by atoms with Crippen LogP contribution >= 0.6 is 0 Å². The zero-order valence-electron chi connectivity index (χ0n) is 9.38. The fourth-order valence-electron chi connectivity index (χ4n) is 1.35. The van der Waals surface area contributed by atoms with E-state index < -0.39 is 5.97 Å². The van der Waals surface area contributed by atoms with Crippen LogP contribution in [-0.2, 0) is 0 Å². The summed E-state index contributed by atoms with van der Waals surface area (Å²) < 4.78 is 0. The summed E-state index contributed by atoms with van der Waals surface area (Å²) in [7, 11) is 0. The molecule has 0 aliphatic heterocycles. The van der Waals surface area contributed by atoms with Crippen molar-refractivity contribution in [2.75, 3.05) is 0 Å². The third-order valence-electron chi connectivity index (χ3n) is 2.22. The zero-order valence-corrected chi connectivity index (χ0v) is 9.38. The lowest BCUT2D eigenvalue weighted by Crippen LogP contribution is -2.06. The minimum Gasteiger partial charge on any atom is -0.475 e. The van der Waals surface area contributed by atoms with Crippen LogP contribution in [0, 0.1) is 13.8 Å². The second-order valence-corrected chi connectivity index (χ2v) is 3.55. The Morgan fingerprint density at radius 1 is 1.12 bits per heavy atom. The Morgan fingerprint density at radius 2 is 1.76 bits per heavy atom. The minimum absolute atomic E-state index is 0.230. The lowest BCUT2D eigenvalue weighted by atomic mass is 10.1. The van der Waals surface area contributed by atoms with Crippen molar-refractivity contribution in [3.05, 3.63) is 35.8 Å². The van der Waals surface area contributed by atoms with Crippen LogP contribution in [0.1, 0.15) is 22.0 Å². The summed E-state index contributed by atoms with van der Waals surface area (Å²) >= 11 is 0. The normalized spacial score (nSPS) is 10.2. The predicted molar refractivity (Wildman–Crippen MR) is 59.5 cm³/mol. The maximum atomic E-state index is 10.8. The van der Waals surface area contributed by atoms with Gasteiger partial charge in [-0.05, 0) is 19.4 Å². The molecule has 0 amide bonds. The molecule has 0 saturated heterocycles. The largest absolute Gasteiger partial charge is 0.475 e. The Kier molecular flexibility index (Phi) is 2.78. The molecule has 0 atom stereocenters. The molecule has 0 spiro atoms. The van der Waals surface area contributed by atoms with Crippen molar-refractivity contribution in [3.8, 4) is 11.3 Å². The van der Waals surface area contributed by atoms with E-state index >= 15 is 0 Å². The summed E-state index contributed by atoms with van der Waals surface area (Å²) in [5.74, 6) is -0.732. The van der Waals surface area contributed by atoms with Gasteiger partial charge in [-0.25, -0.2) is 24.7 Å². The van der Waals surface area contributed by atoms with Gasteiger partial charge in [-0.2, -0.15) is 0 Å². The average Bonchev–Trinajstić information content (AvgIpc) is 2.31. The van der Waals surface area contributed by atoms with Gasteiger partial charge in [0.15, 0.2) is 0 Å². The van der Waals surface area contributed by atoms with Gasteiger partial charge in [-0.15, -0.1) is 0 Å². The van der Waals surface area contributed by atoms with Crippen LogP contribution in [0.25, 0.3) is 11.3 Å². The van der Waals surface area contributed by atoms with Gasteiger partial charge < -0.3 is 5.11 Å². The van der Waals surface area contributed by atoms with Crippen LogP contribution in [0.4, 0.5) is 0 Å². The fourth-order valence-corrected chi connectivity index (χ4v) is 1.35. The summed E-state index contributed by atoms with van der Waals surface area (Å²) in [5.41, 5.74) is 2.00. The lowest BCUT2D eigenvalue weighted by molar-refractivity contribution is 0.0683. The molecule has 0 aliphatic carbocycles. The van der Waals surface area contributed by atoms with Gasteiger partial charge in [0.05, 0.1) is 5.69 Å². The summed E-state index contributed by atoms with van der Waals surface area (Å²) in [6.07, 6.45) is 4.71. The van der Waals surface area contributed by atoms with Gasteiger partial charge in [0, 0.05) is 24.2 Å². The molecule has 6 heteroatoms. The molecule has 2 heterocycles. The SMILES string of the molecule is Cc1ncc(-c2nc(C(=O)O)ncc2C)cn1. The second kappa shape index (κ2) is 4.25. The molecular formula is C11H10N4O2. The number of hydrogen-bond acceptors (Lipinski definition) is 5. The van der Waals surface area contributed by atoms with E-state index in [9.17, 15) is 4.79 Å². The van der Waals surface area contributed by atoms with Crippen LogP contribution in [0.5, 0.6) is 0 Å². The maximum Gasteiger partial charge on any atom is 0.373 e. The standard InChI is InChI=1S/C11H10N4O2/c1-6-3-14-10(11(16)17)15-9(6)8-4-12-7(2)13-5-8/h3-5H,1-2H3,(H,16,17). The number of hydrogen-bond donors (Lipinski definition) is 1. The molecule has 2 aromatic heterocycles. The van der Waals surface area contributed by atoms with Crippen molar-refractivity contribution in [1.82, 2.24) is 19.9 Å². The second-order valence-electron chi connectivity index (χ2n) is 3.55. The Labute approximate surface area is 97.4 Å². The molecule has 86 valence electrons. The highest BCUT2D eigenvalue weighted by atomic mass is 16.4. The van der Waals surface area contributed by atoms with Gasteiger partial charge in [-0.1, -0.05) is 0 Å². The molecular weight excluding hydrogens is 220 g/mol. The van der Waals surface area contributed by atoms with Crippen LogP contribution < -0.4 is 0 Å². The van der Waals surface area contributed by atoms with E-state index in [0.717, 1.165) is 5.56 Å². The van der Waals surface area contributed by atoms with Gasteiger partial charge in [0.1, 0.15) is 5.82 Å². The van der Waals surface area contributed by atoms with Crippen molar-refractivity contribution in [2.45, 2.75) is 13.8 Å². The van der Waals surface area contributed by atoms with Gasteiger partial charge in [0.2, 0.25) is 5.82 Å². The molecule has 0 aromatic carbocycles. The van der Waals surface area contributed by atoms with Crippen molar-refractivity contribution >= 4 is 5.97 Å². The molecule has 17 heavy (non-hydrogen) atoms. The Balaban J connectivity index is 2.54. The van der Waals surface area contributed by atoms with Crippen molar-refractivity contribution in [3.63, 3.8) is 0 Å². The van der Waals surface area contributed by atoms with Crippen LogP contribution in [0.15, 0.2) is 18.6 Å². The highest BCUT2D eigenvalue weighted by Crippen LogP contribution is 2.18. The number of carboxylic acid groups (broad SMARTS) is 1. The Hall–Kier alpha value is -2.37. The van der Waals surface area contributed by atoms with Crippen LogP contribution in [0.2, 0.25) is 0 Å². The molecule has 0 aliphatic rings. The van der Waals surface area contributed by atoms with Crippen molar-refractivity contribution in [2.24, 2.45) is 0 Å². The topological polar surface area (TPSA) is 88.9 Å². The molecule has 6 nitrogen and oxygen atoms in total.